The molecule has 3 rings (SSSR count). The number of thioether (sulfide) groups is 1. The third-order valence-electron chi connectivity index (χ3n) is 5.72. The topological polar surface area (TPSA) is 124 Å². The summed E-state index contributed by atoms with van der Waals surface area (Å²) in [4.78, 5) is 47.7. The van der Waals surface area contributed by atoms with Crippen molar-refractivity contribution in [2.24, 2.45) is 0 Å². The zero-order valence-corrected chi connectivity index (χ0v) is 23.2. The smallest absolute Gasteiger partial charge is 0.303 e. The maximum absolute atomic E-state index is 12.1. The molecule has 0 aliphatic carbocycles. The van der Waals surface area contributed by atoms with Gasteiger partial charge in [-0.25, -0.2) is 0 Å². The highest BCUT2D eigenvalue weighted by molar-refractivity contribution is 8.00. The second-order valence-electron chi connectivity index (χ2n) is 8.82. The third-order valence-corrected chi connectivity index (χ3v) is 7.10. The molecule has 0 N–H and O–H groups in total. The first-order valence-electron chi connectivity index (χ1n) is 12.2. The maximum Gasteiger partial charge on any atom is 0.303 e. The molecule has 11 heteroatoms. The molecule has 210 valence electrons. The summed E-state index contributed by atoms with van der Waals surface area (Å²) < 4.78 is 33.5. The highest BCUT2D eigenvalue weighted by Crippen LogP contribution is 2.40. The van der Waals surface area contributed by atoms with E-state index in [0.717, 1.165) is 28.6 Å². The van der Waals surface area contributed by atoms with Crippen molar-refractivity contribution in [3.8, 4) is 11.5 Å². The van der Waals surface area contributed by atoms with Crippen LogP contribution in [0.3, 0.4) is 0 Å². The Morgan fingerprint density at radius 2 is 1.33 bits per heavy atom. The van der Waals surface area contributed by atoms with Gasteiger partial charge >= 0.3 is 23.9 Å². The predicted molar refractivity (Wildman–Crippen MR) is 141 cm³/mol. The molecule has 1 saturated heterocycles. The number of rotatable bonds is 10. The van der Waals surface area contributed by atoms with E-state index in [9.17, 15) is 19.2 Å². The molecule has 0 aromatic heterocycles. The number of esters is 4. The van der Waals surface area contributed by atoms with Crippen molar-refractivity contribution in [1.29, 1.82) is 0 Å². The number of benzene rings is 2. The van der Waals surface area contributed by atoms with Gasteiger partial charge in [0.1, 0.15) is 18.1 Å². The number of methoxy groups -OCH3 is 1. The Hall–Kier alpha value is -3.73. The largest absolute Gasteiger partial charge is 0.497 e. The Balaban J connectivity index is 1.97. The monoisotopic (exact) mass is 560 g/mol. The fraction of sp³-hybridized carbons (Fsp3) is 0.429. The van der Waals surface area contributed by atoms with Crippen LogP contribution < -0.4 is 9.47 Å². The Bertz CT molecular complexity index is 1170. The lowest BCUT2D eigenvalue weighted by atomic mass is 10.0. The van der Waals surface area contributed by atoms with E-state index in [4.69, 9.17) is 28.4 Å². The average Bonchev–Trinajstić information content (AvgIpc) is 2.87. The molecule has 1 aliphatic heterocycles. The van der Waals surface area contributed by atoms with Crippen LogP contribution in [0.15, 0.2) is 48.5 Å². The van der Waals surface area contributed by atoms with Gasteiger partial charge in [0, 0.05) is 34.1 Å². The molecule has 1 heterocycles. The number of hydrogen-bond donors (Lipinski definition) is 0. The van der Waals surface area contributed by atoms with Crippen LogP contribution in [0.2, 0.25) is 0 Å². The summed E-state index contributed by atoms with van der Waals surface area (Å²) in [7, 11) is 1.60. The van der Waals surface area contributed by atoms with Gasteiger partial charge in [0.2, 0.25) is 0 Å². The molecule has 2 aromatic rings. The second-order valence-corrected chi connectivity index (χ2v) is 10.2. The van der Waals surface area contributed by atoms with E-state index < -0.39 is 52.9 Å². The zero-order valence-electron chi connectivity index (χ0n) is 22.4. The number of ether oxygens (including phenoxy) is 6. The first-order chi connectivity index (χ1) is 18.6. The van der Waals surface area contributed by atoms with Gasteiger partial charge in [-0.1, -0.05) is 30.3 Å². The molecule has 1 fully saturated rings. The normalized spacial score (nSPS) is 22.2. The van der Waals surface area contributed by atoms with Crippen LogP contribution in [0.1, 0.15) is 38.8 Å². The summed E-state index contributed by atoms with van der Waals surface area (Å²) in [5.41, 5.74) is 0.968. The molecule has 0 unspecified atom stereocenters. The molecule has 10 nitrogen and oxygen atoms in total. The molecule has 2 aromatic carbocycles. The molecule has 5 atom stereocenters. The van der Waals surface area contributed by atoms with Gasteiger partial charge in [0.25, 0.3) is 0 Å². The summed E-state index contributed by atoms with van der Waals surface area (Å²) in [6.07, 6.45) is -2.88. The zero-order chi connectivity index (χ0) is 28.5. The average molecular weight is 561 g/mol. The van der Waals surface area contributed by atoms with Crippen molar-refractivity contribution in [1.82, 2.24) is 0 Å². The fourth-order valence-corrected chi connectivity index (χ4v) is 5.52. The van der Waals surface area contributed by atoms with Gasteiger partial charge in [0.15, 0.2) is 23.7 Å². The number of carbonyl (C=O) groups excluding carboxylic acids is 4. The summed E-state index contributed by atoms with van der Waals surface area (Å²) in [6, 6.07) is 15.0. The fourth-order valence-electron chi connectivity index (χ4n) is 4.14. The highest BCUT2D eigenvalue weighted by Gasteiger charge is 2.53. The van der Waals surface area contributed by atoms with Crippen LogP contribution in [0.4, 0.5) is 0 Å². The minimum absolute atomic E-state index is 0.157. The van der Waals surface area contributed by atoms with E-state index in [0.29, 0.717) is 12.2 Å². The molecular weight excluding hydrogens is 528 g/mol. The highest BCUT2D eigenvalue weighted by atomic mass is 32.2. The first kappa shape index (κ1) is 29.8. The summed E-state index contributed by atoms with van der Waals surface area (Å²) in [5, 5.41) is -0.687. The van der Waals surface area contributed by atoms with Gasteiger partial charge in [-0.2, -0.15) is 0 Å². The van der Waals surface area contributed by atoms with Crippen molar-refractivity contribution in [2.75, 3.05) is 13.7 Å². The van der Waals surface area contributed by atoms with Crippen molar-refractivity contribution >= 4 is 35.6 Å². The first-order valence-corrected chi connectivity index (χ1v) is 13.2. The molecule has 39 heavy (non-hydrogen) atoms. The SMILES string of the molecule is COc1ccc(Cc2ccccc2O[C@H]2S[C@@H](COC(C)=O)[C@@H](OC(C)=O)[C@H](OC(C)=O)[C@H]2OC(C)=O)cc1. The van der Waals surface area contributed by atoms with E-state index in [1.165, 1.54) is 27.7 Å². The molecule has 0 saturated carbocycles. The Labute approximate surface area is 231 Å². The molecule has 1 aliphatic rings. The lowest BCUT2D eigenvalue weighted by molar-refractivity contribution is -0.190. The van der Waals surface area contributed by atoms with Crippen LogP contribution in [-0.4, -0.2) is 66.6 Å². The van der Waals surface area contributed by atoms with Crippen LogP contribution >= 0.6 is 11.8 Å². The van der Waals surface area contributed by atoms with Crippen molar-refractivity contribution in [3.05, 3.63) is 59.7 Å². The molecule has 0 bridgehead atoms. The van der Waals surface area contributed by atoms with Crippen LogP contribution in [0.25, 0.3) is 0 Å². The number of hydrogen-bond acceptors (Lipinski definition) is 11. The molecule has 0 spiro atoms. The third kappa shape index (κ3) is 8.64. The lowest BCUT2D eigenvalue weighted by Crippen LogP contribution is -2.59. The van der Waals surface area contributed by atoms with Gasteiger partial charge in [-0.15, -0.1) is 11.8 Å². The van der Waals surface area contributed by atoms with Gasteiger partial charge in [-0.3, -0.25) is 19.2 Å². The van der Waals surface area contributed by atoms with Crippen LogP contribution in [0.5, 0.6) is 11.5 Å². The second kappa shape index (κ2) is 13.9. The quantitative estimate of drug-likeness (QED) is 0.313. The number of carbonyl (C=O) groups is 4. The van der Waals surface area contributed by atoms with Crippen LogP contribution in [0, 0.1) is 0 Å². The van der Waals surface area contributed by atoms with Gasteiger partial charge in [-0.05, 0) is 29.3 Å². The van der Waals surface area contributed by atoms with Crippen LogP contribution in [-0.2, 0) is 44.5 Å². The minimum atomic E-state index is -1.21. The van der Waals surface area contributed by atoms with E-state index in [-0.39, 0.29) is 6.61 Å². The predicted octanol–water partition coefficient (Wildman–Crippen LogP) is 3.46. The van der Waals surface area contributed by atoms with E-state index >= 15 is 0 Å². The number of para-hydroxylation sites is 1. The van der Waals surface area contributed by atoms with Gasteiger partial charge in [0.05, 0.1) is 12.4 Å². The van der Waals surface area contributed by atoms with Gasteiger partial charge < -0.3 is 28.4 Å². The van der Waals surface area contributed by atoms with E-state index in [2.05, 4.69) is 0 Å². The Kier molecular flexibility index (Phi) is 10.6. The van der Waals surface area contributed by atoms with Crippen molar-refractivity contribution < 1.29 is 47.6 Å². The standard InChI is InChI=1S/C28H32O10S/c1-16(29)34-15-24-25(35-17(2)30)26(36-18(3)31)27(37-19(4)32)28(39-24)38-23-9-7-6-8-21(23)14-20-10-12-22(33-5)13-11-20/h6-13,24-28H,14-15H2,1-5H3/t24-,25+,26-,27+,28-/m0/s1. The summed E-state index contributed by atoms with van der Waals surface area (Å²) >= 11 is 1.16. The summed E-state index contributed by atoms with van der Waals surface area (Å²) in [5.74, 6) is -1.24. The van der Waals surface area contributed by atoms with Crippen molar-refractivity contribution in [3.63, 3.8) is 0 Å². The van der Waals surface area contributed by atoms with E-state index in [1.54, 1.807) is 13.2 Å². The molecular formula is C28H32O10S. The Morgan fingerprint density at radius 3 is 1.92 bits per heavy atom. The lowest BCUT2D eigenvalue weighted by Gasteiger charge is -2.43. The van der Waals surface area contributed by atoms with E-state index in [1.807, 2.05) is 42.5 Å². The van der Waals surface area contributed by atoms with Crippen molar-refractivity contribution in [2.45, 2.75) is 63.1 Å². The molecule has 0 amide bonds. The minimum Gasteiger partial charge on any atom is -0.497 e. The summed E-state index contributed by atoms with van der Waals surface area (Å²) in [6.45, 7) is 4.71. The maximum atomic E-state index is 12.1. The Morgan fingerprint density at radius 1 is 0.744 bits per heavy atom. The molecule has 0 radical (unpaired) electrons.